The molecule has 0 saturated carbocycles. The van der Waals surface area contributed by atoms with Crippen molar-refractivity contribution in [2.45, 2.75) is 13.3 Å². The van der Waals surface area contributed by atoms with E-state index in [0.29, 0.717) is 29.4 Å². The lowest BCUT2D eigenvalue weighted by atomic mass is 10.2. The summed E-state index contributed by atoms with van der Waals surface area (Å²) in [6, 6.07) is 9.00. The highest BCUT2D eigenvalue weighted by molar-refractivity contribution is 7.14. The second-order valence-corrected chi connectivity index (χ2v) is 6.95. The van der Waals surface area contributed by atoms with Crippen molar-refractivity contribution in [3.8, 4) is 22.8 Å². The van der Waals surface area contributed by atoms with Gasteiger partial charge in [0, 0.05) is 22.6 Å². The van der Waals surface area contributed by atoms with Crippen molar-refractivity contribution in [3.05, 3.63) is 63.3 Å². The van der Waals surface area contributed by atoms with Crippen LogP contribution < -0.4 is 14.9 Å². The SMILES string of the molecule is CCCOc1c(OC)cc(/C=N\Nc2nc(-c3ccc(F)cc3)cs2)cc1[N+](=O)[O-]. The Morgan fingerprint density at radius 3 is 2.77 bits per heavy atom. The van der Waals surface area contributed by atoms with Crippen molar-refractivity contribution in [3.63, 3.8) is 0 Å². The van der Waals surface area contributed by atoms with Gasteiger partial charge >= 0.3 is 5.69 Å². The van der Waals surface area contributed by atoms with E-state index >= 15 is 0 Å². The molecule has 1 heterocycles. The summed E-state index contributed by atoms with van der Waals surface area (Å²) >= 11 is 1.33. The third kappa shape index (κ3) is 5.09. The van der Waals surface area contributed by atoms with Crippen LogP contribution in [0.1, 0.15) is 18.9 Å². The first-order valence-electron chi connectivity index (χ1n) is 9.01. The molecule has 1 N–H and O–H groups in total. The van der Waals surface area contributed by atoms with Crippen molar-refractivity contribution < 1.29 is 18.8 Å². The number of nitro groups is 1. The molecular formula is C20H19FN4O4S. The van der Waals surface area contributed by atoms with E-state index < -0.39 is 4.92 Å². The minimum Gasteiger partial charge on any atom is -0.493 e. The number of nitrogens with one attached hydrogen (secondary N) is 1. The maximum atomic E-state index is 13.0. The minimum absolute atomic E-state index is 0.0957. The van der Waals surface area contributed by atoms with Gasteiger partial charge in [0.05, 0.1) is 30.5 Å². The maximum absolute atomic E-state index is 13.0. The summed E-state index contributed by atoms with van der Waals surface area (Å²) in [6.07, 6.45) is 2.14. The molecule has 8 nitrogen and oxygen atoms in total. The van der Waals surface area contributed by atoms with Crippen LogP contribution in [0.2, 0.25) is 0 Å². The van der Waals surface area contributed by atoms with Gasteiger partial charge in [0.2, 0.25) is 10.9 Å². The standard InChI is InChI=1S/C20H19FN4O4S/c1-3-8-29-19-17(25(26)27)9-13(10-18(19)28-2)11-22-24-20-23-16(12-30-20)14-4-6-15(21)7-5-14/h4-7,9-12H,3,8H2,1-2H3,(H,23,24)/b22-11-. The zero-order chi connectivity index (χ0) is 21.5. The molecule has 2 aromatic carbocycles. The molecule has 0 unspecified atom stereocenters. The first-order valence-corrected chi connectivity index (χ1v) is 9.89. The summed E-state index contributed by atoms with van der Waals surface area (Å²) < 4.78 is 23.8. The van der Waals surface area contributed by atoms with Crippen LogP contribution in [0.5, 0.6) is 11.5 Å². The molecule has 0 aliphatic carbocycles. The van der Waals surface area contributed by atoms with Gasteiger partial charge in [-0.05, 0) is 36.8 Å². The van der Waals surface area contributed by atoms with E-state index in [0.717, 1.165) is 5.56 Å². The summed E-state index contributed by atoms with van der Waals surface area (Å²) in [5.74, 6) is 0.0397. The highest BCUT2D eigenvalue weighted by atomic mass is 32.1. The Hall–Kier alpha value is -3.53. The van der Waals surface area contributed by atoms with Gasteiger partial charge in [-0.1, -0.05) is 6.92 Å². The van der Waals surface area contributed by atoms with Gasteiger partial charge in [-0.25, -0.2) is 9.37 Å². The summed E-state index contributed by atoms with van der Waals surface area (Å²) in [7, 11) is 1.42. The molecule has 3 rings (SSSR count). The predicted octanol–water partition coefficient (Wildman–Crippen LogP) is 5.10. The van der Waals surface area contributed by atoms with E-state index in [9.17, 15) is 14.5 Å². The van der Waals surface area contributed by atoms with Gasteiger partial charge in [0.1, 0.15) is 5.82 Å². The number of nitrogens with zero attached hydrogens (tertiary/aromatic N) is 3. The molecule has 0 fully saturated rings. The second kappa shape index (κ2) is 9.79. The average molecular weight is 430 g/mol. The number of hydrogen-bond donors (Lipinski definition) is 1. The van der Waals surface area contributed by atoms with Crippen molar-refractivity contribution in [2.24, 2.45) is 5.10 Å². The van der Waals surface area contributed by atoms with Gasteiger partial charge in [0.15, 0.2) is 5.75 Å². The number of halogens is 1. The van der Waals surface area contributed by atoms with Crippen LogP contribution in [0.4, 0.5) is 15.2 Å². The van der Waals surface area contributed by atoms with Crippen molar-refractivity contribution in [1.29, 1.82) is 0 Å². The van der Waals surface area contributed by atoms with Crippen LogP contribution in [0.25, 0.3) is 11.3 Å². The minimum atomic E-state index is -0.520. The molecule has 0 radical (unpaired) electrons. The molecule has 3 aromatic rings. The lowest BCUT2D eigenvalue weighted by Crippen LogP contribution is -2.03. The van der Waals surface area contributed by atoms with Crippen LogP contribution in [0.3, 0.4) is 0 Å². The van der Waals surface area contributed by atoms with E-state index in [1.807, 2.05) is 12.3 Å². The molecule has 0 aliphatic heterocycles. The smallest absolute Gasteiger partial charge is 0.315 e. The van der Waals surface area contributed by atoms with Gasteiger partial charge in [-0.3, -0.25) is 15.5 Å². The van der Waals surface area contributed by atoms with Gasteiger partial charge in [-0.15, -0.1) is 11.3 Å². The van der Waals surface area contributed by atoms with Crippen molar-refractivity contribution >= 4 is 28.4 Å². The molecule has 1 aromatic heterocycles. The number of anilines is 1. The van der Waals surface area contributed by atoms with Crippen LogP contribution in [0.15, 0.2) is 46.9 Å². The molecule has 0 atom stereocenters. The zero-order valence-electron chi connectivity index (χ0n) is 16.3. The molecule has 30 heavy (non-hydrogen) atoms. The fourth-order valence-electron chi connectivity index (χ4n) is 2.56. The number of benzene rings is 2. The van der Waals surface area contributed by atoms with E-state index in [4.69, 9.17) is 9.47 Å². The van der Waals surface area contributed by atoms with Gasteiger partial charge in [0.25, 0.3) is 0 Å². The van der Waals surface area contributed by atoms with Crippen LogP contribution in [0, 0.1) is 15.9 Å². The third-order valence-electron chi connectivity index (χ3n) is 3.94. The lowest BCUT2D eigenvalue weighted by molar-refractivity contribution is -0.386. The highest BCUT2D eigenvalue weighted by Crippen LogP contribution is 2.38. The summed E-state index contributed by atoms with van der Waals surface area (Å²) in [5, 5.41) is 17.9. The van der Waals surface area contributed by atoms with Crippen molar-refractivity contribution in [2.75, 3.05) is 19.1 Å². The van der Waals surface area contributed by atoms with Gasteiger partial charge in [-0.2, -0.15) is 5.10 Å². The van der Waals surface area contributed by atoms with Crippen molar-refractivity contribution in [1.82, 2.24) is 4.98 Å². The number of methoxy groups -OCH3 is 1. The lowest BCUT2D eigenvalue weighted by Gasteiger charge is -2.11. The number of rotatable bonds is 9. The Kier molecular flexibility index (Phi) is 6.91. The summed E-state index contributed by atoms with van der Waals surface area (Å²) in [6.45, 7) is 2.25. The largest absolute Gasteiger partial charge is 0.493 e. The summed E-state index contributed by atoms with van der Waals surface area (Å²) in [5.41, 5.74) is 4.53. The molecule has 156 valence electrons. The predicted molar refractivity (Wildman–Crippen MR) is 114 cm³/mol. The third-order valence-corrected chi connectivity index (χ3v) is 4.69. The van der Waals surface area contributed by atoms with Crippen LogP contribution in [-0.2, 0) is 0 Å². The van der Waals surface area contributed by atoms with E-state index in [1.165, 1.54) is 42.9 Å². The number of nitro benzene ring substituents is 1. The molecule has 0 aliphatic rings. The molecule has 0 spiro atoms. The van der Waals surface area contributed by atoms with Crippen LogP contribution in [-0.4, -0.2) is 29.8 Å². The van der Waals surface area contributed by atoms with Gasteiger partial charge < -0.3 is 9.47 Å². The Bertz CT molecular complexity index is 1050. The quantitative estimate of drug-likeness (QED) is 0.288. The second-order valence-electron chi connectivity index (χ2n) is 6.09. The maximum Gasteiger partial charge on any atom is 0.315 e. The average Bonchev–Trinajstić information content (AvgIpc) is 3.21. The number of ether oxygens (including phenoxy) is 2. The molecule has 0 saturated heterocycles. The van der Waals surface area contributed by atoms with E-state index in [2.05, 4.69) is 15.5 Å². The first kappa shape index (κ1) is 21.2. The molecule has 0 bridgehead atoms. The van der Waals surface area contributed by atoms with E-state index in [1.54, 1.807) is 18.2 Å². The Morgan fingerprint density at radius 2 is 2.10 bits per heavy atom. The Morgan fingerprint density at radius 1 is 1.33 bits per heavy atom. The zero-order valence-corrected chi connectivity index (χ0v) is 17.1. The monoisotopic (exact) mass is 430 g/mol. The first-order chi connectivity index (χ1) is 14.5. The number of hydrogen-bond acceptors (Lipinski definition) is 8. The number of aromatic nitrogens is 1. The fourth-order valence-corrected chi connectivity index (χ4v) is 3.23. The normalized spacial score (nSPS) is 10.9. The molecule has 0 amide bonds. The fraction of sp³-hybridized carbons (Fsp3) is 0.200. The number of thiazole rings is 1. The Balaban J connectivity index is 1.76. The van der Waals surface area contributed by atoms with Crippen LogP contribution >= 0.6 is 11.3 Å². The highest BCUT2D eigenvalue weighted by Gasteiger charge is 2.21. The Labute approximate surface area is 176 Å². The molecular weight excluding hydrogens is 411 g/mol. The molecule has 10 heteroatoms. The number of hydrazone groups is 1. The van der Waals surface area contributed by atoms with E-state index in [-0.39, 0.29) is 23.0 Å². The topological polar surface area (TPSA) is 98.9 Å². The summed E-state index contributed by atoms with van der Waals surface area (Å²) in [4.78, 5) is 15.3.